The van der Waals surface area contributed by atoms with Gasteiger partial charge in [-0.15, -0.1) is 23.1 Å². The van der Waals surface area contributed by atoms with Crippen LogP contribution in [0.2, 0.25) is 0 Å². The Hall–Kier alpha value is 0.190. The number of thiophene rings is 1. The third-order valence-electron chi connectivity index (χ3n) is 2.23. The standard InChI is InChI=1S/C12H11Br2NS2/c13-8-3-1-2-4-9(8)16-11(7-15)10-5-6-12(14)17-10/h1-6,11H,7,15H2. The summed E-state index contributed by atoms with van der Waals surface area (Å²) in [6.45, 7) is 0.638. The highest BCUT2D eigenvalue weighted by atomic mass is 79.9. The molecule has 5 heteroatoms. The van der Waals surface area contributed by atoms with Gasteiger partial charge in [0.25, 0.3) is 0 Å². The summed E-state index contributed by atoms with van der Waals surface area (Å²) >= 11 is 10.6. The van der Waals surface area contributed by atoms with Crippen molar-refractivity contribution < 1.29 is 0 Å². The molecule has 2 aromatic rings. The van der Waals surface area contributed by atoms with E-state index in [-0.39, 0.29) is 0 Å². The maximum atomic E-state index is 5.87. The minimum Gasteiger partial charge on any atom is -0.329 e. The number of nitrogens with two attached hydrogens (primary N) is 1. The van der Waals surface area contributed by atoms with E-state index in [0.717, 1.165) is 8.26 Å². The SMILES string of the molecule is NCC(Sc1ccccc1Br)c1ccc(Br)s1. The Kier molecular flexibility index (Phi) is 5.11. The predicted octanol–water partition coefficient (Wildman–Crippen LogP) is 5.07. The summed E-state index contributed by atoms with van der Waals surface area (Å²) in [6, 6.07) is 12.4. The smallest absolute Gasteiger partial charge is 0.0701 e. The first-order chi connectivity index (χ1) is 8.20. The van der Waals surface area contributed by atoms with Crippen molar-refractivity contribution in [1.29, 1.82) is 0 Å². The van der Waals surface area contributed by atoms with Crippen LogP contribution in [0.4, 0.5) is 0 Å². The lowest BCUT2D eigenvalue weighted by Crippen LogP contribution is -2.07. The molecule has 1 aromatic carbocycles. The van der Waals surface area contributed by atoms with E-state index in [1.165, 1.54) is 9.77 Å². The predicted molar refractivity (Wildman–Crippen MR) is 83.8 cm³/mol. The quantitative estimate of drug-likeness (QED) is 0.735. The van der Waals surface area contributed by atoms with E-state index in [1.54, 1.807) is 23.1 Å². The highest BCUT2D eigenvalue weighted by molar-refractivity contribution is 9.11. The van der Waals surface area contributed by atoms with Crippen LogP contribution in [0.3, 0.4) is 0 Å². The molecule has 2 N–H and O–H groups in total. The van der Waals surface area contributed by atoms with Crippen molar-refractivity contribution in [3.05, 3.63) is 49.5 Å². The van der Waals surface area contributed by atoms with E-state index in [0.29, 0.717) is 11.8 Å². The zero-order chi connectivity index (χ0) is 12.3. The van der Waals surface area contributed by atoms with Crippen LogP contribution in [0.5, 0.6) is 0 Å². The second-order valence-electron chi connectivity index (χ2n) is 3.41. The van der Waals surface area contributed by atoms with Crippen molar-refractivity contribution in [2.24, 2.45) is 5.73 Å². The molecule has 0 bridgehead atoms. The van der Waals surface area contributed by atoms with Gasteiger partial charge >= 0.3 is 0 Å². The van der Waals surface area contributed by atoms with Crippen molar-refractivity contribution in [3.63, 3.8) is 0 Å². The van der Waals surface area contributed by atoms with Crippen molar-refractivity contribution in [3.8, 4) is 0 Å². The van der Waals surface area contributed by atoms with Gasteiger partial charge in [0.15, 0.2) is 0 Å². The van der Waals surface area contributed by atoms with Gasteiger partial charge in [0.2, 0.25) is 0 Å². The van der Waals surface area contributed by atoms with Gasteiger partial charge in [-0.05, 0) is 56.1 Å². The van der Waals surface area contributed by atoms with Crippen LogP contribution in [0.25, 0.3) is 0 Å². The molecule has 1 atom stereocenters. The minimum absolute atomic E-state index is 0.310. The van der Waals surface area contributed by atoms with Gasteiger partial charge < -0.3 is 5.73 Å². The number of thioether (sulfide) groups is 1. The zero-order valence-electron chi connectivity index (χ0n) is 8.90. The first-order valence-electron chi connectivity index (χ1n) is 5.07. The fourth-order valence-corrected chi connectivity index (χ4v) is 4.62. The summed E-state index contributed by atoms with van der Waals surface area (Å²) in [5.74, 6) is 0. The van der Waals surface area contributed by atoms with Gasteiger partial charge in [-0.25, -0.2) is 0 Å². The van der Waals surface area contributed by atoms with E-state index < -0.39 is 0 Å². The Balaban J connectivity index is 2.18. The van der Waals surface area contributed by atoms with E-state index >= 15 is 0 Å². The molecule has 0 saturated carbocycles. The number of hydrogen-bond donors (Lipinski definition) is 1. The number of hydrogen-bond acceptors (Lipinski definition) is 3. The lowest BCUT2D eigenvalue weighted by Gasteiger charge is -2.13. The molecule has 0 fully saturated rings. The van der Waals surface area contributed by atoms with Crippen LogP contribution in [0, 0.1) is 0 Å². The molecule has 0 aliphatic rings. The molecule has 0 aliphatic heterocycles. The lowest BCUT2D eigenvalue weighted by atomic mass is 10.3. The molecule has 1 aromatic heterocycles. The number of benzene rings is 1. The average molecular weight is 393 g/mol. The first-order valence-corrected chi connectivity index (χ1v) is 8.35. The summed E-state index contributed by atoms with van der Waals surface area (Å²) in [7, 11) is 0. The molecular formula is C12H11Br2NS2. The van der Waals surface area contributed by atoms with Gasteiger partial charge in [0.1, 0.15) is 0 Å². The molecule has 2 rings (SSSR count). The molecule has 1 nitrogen and oxygen atoms in total. The molecule has 17 heavy (non-hydrogen) atoms. The molecule has 0 saturated heterocycles. The number of rotatable bonds is 4. The Bertz CT molecular complexity index is 499. The van der Waals surface area contributed by atoms with E-state index in [9.17, 15) is 0 Å². The normalized spacial score (nSPS) is 12.6. The largest absolute Gasteiger partial charge is 0.329 e. The monoisotopic (exact) mass is 391 g/mol. The molecule has 1 heterocycles. The molecular weight excluding hydrogens is 382 g/mol. The molecule has 0 amide bonds. The van der Waals surface area contributed by atoms with Crippen molar-refractivity contribution in [2.45, 2.75) is 10.1 Å². The molecule has 90 valence electrons. The molecule has 1 unspecified atom stereocenters. The van der Waals surface area contributed by atoms with Gasteiger partial charge in [0, 0.05) is 20.8 Å². The van der Waals surface area contributed by atoms with E-state index in [1.807, 2.05) is 12.1 Å². The summed E-state index contributed by atoms with van der Waals surface area (Å²) in [5.41, 5.74) is 5.87. The van der Waals surface area contributed by atoms with E-state index in [2.05, 4.69) is 56.1 Å². The Morgan fingerprint density at radius 2 is 1.94 bits per heavy atom. The van der Waals surface area contributed by atoms with Crippen LogP contribution in [-0.2, 0) is 0 Å². The maximum absolute atomic E-state index is 5.87. The van der Waals surface area contributed by atoms with Crippen molar-refractivity contribution in [2.75, 3.05) is 6.54 Å². The number of halogens is 2. The van der Waals surface area contributed by atoms with Gasteiger partial charge in [-0.1, -0.05) is 12.1 Å². The second kappa shape index (κ2) is 6.38. The third kappa shape index (κ3) is 3.58. The maximum Gasteiger partial charge on any atom is 0.0701 e. The molecule has 0 spiro atoms. The Morgan fingerprint density at radius 3 is 2.53 bits per heavy atom. The van der Waals surface area contributed by atoms with Gasteiger partial charge in [-0.2, -0.15) is 0 Å². The summed E-state index contributed by atoms with van der Waals surface area (Å²) in [6.07, 6.45) is 0. The molecule has 0 radical (unpaired) electrons. The fraction of sp³-hybridized carbons (Fsp3) is 0.167. The Labute approximate surface area is 126 Å². The lowest BCUT2D eigenvalue weighted by molar-refractivity contribution is 0.960. The highest BCUT2D eigenvalue weighted by Gasteiger charge is 2.14. The summed E-state index contributed by atoms with van der Waals surface area (Å²) < 4.78 is 2.28. The first kappa shape index (κ1) is 13.6. The highest BCUT2D eigenvalue weighted by Crippen LogP contribution is 2.41. The van der Waals surface area contributed by atoms with Crippen LogP contribution < -0.4 is 5.73 Å². The van der Waals surface area contributed by atoms with Crippen LogP contribution in [0.15, 0.2) is 49.6 Å². The average Bonchev–Trinajstić information content (AvgIpc) is 2.75. The summed E-state index contributed by atoms with van der Waals surface area (Å²) in [5, 5.41) is 0.310. The van der Waals surface area contributed by atoms with Crippen molar-refractivity contribution in [1.82, 2.24) is 0 Å². The third-order valence-corrected chi connectivity index (χ3v) is 6.41. The zero-order valence-corrected chi connectivity index (χ0v) is 13.7. The summed E-state index contributed by atoms with van der Waals surface area (Å²) in [4.78, 5) is 2.53. The van der Waals surface area contributed by atoms with Crippen LogP contribution in [-0.4, -0.2) is 6.54 Å². The molecule has 0 aliphatic carbocycles. The topological polar surface area (TPSA) is 26.0 Å². The van der Waals surface area contributed by atoms with Crippen molar-refractivity contribution >= 4 is 55.0 Å². The minimum atomic E-state index is 0.310. The second-order valence-corrected chi connectivity index (χ2v) is 8.01. The van der Waals surface area contributed by atoms with Gasteiger partial charge in [0.05, 0.1) is 9.04 Å². The van der Waals surface area contributed by atoms with Crippen LogP contribution in [0.1, 0.15) is 10.1 Å². The Morgan fingerprint density at radius 1 is 1.18 bits per heavy atom. The fourth-order valence-electron chi connectivity index (χ4n) is 1.42. The van der Waals surface area contributed by atoms with Crippen LogP contribution >= 0.6 is 55.0 Å². The van der Waals surface area contributed by atoms with E-state index in [4.69, 9.17) is 5.73 Å². The van der Waals surface area contributed by atoms with Gasteiger partial charge in [-0.3, -0.25) is 0 Å².